The summed E-state index contributed by atoms with van der Waals surface area (Å²) in [6.07, 6.45) is 10.3. The number of hydrogen-bond acceptors (Lipinski definition) is 3. The second-order valence-corrected chi connectivity index (χ2v) is 7.65. The fourth-order valence-corrected chi connectivity index (χ4v) is 3.34. The zero-order valence-corrected chi connectivity index (χ0v) is 12.6. The lowest BCUT2D eigenvalue weighted by molar-refractivity contribution is 0.495. The third-order valence-corrected chi connectivity index (χ3v) is 5.54. The van der Waals surface area contributed by atoms with E-state index in [1.807, 2.05) is 7.05 Å². The third-order valence-electron chi connectivity index (χ3n) is 3.75. The van der Waals surface area contributed by atoms with E-state index in [0.29, 0.717) is 11.8 Å². The molecule has 0 amide bonds. The van der Waals surface area contributed by atoms with Crippen LogP contribution in [0.5, 0.6) is 0 Å². The van der Waals surface area contributed by atoms with E-state index in [9.17, 15) is 8.42 Å². The zero-order chi connectivity index (χ0) is 13.4. The van der Waals surface area contributed by atoms with Gasteiger partial charge in [0.1, 0.15) is 9.84 Å². The maximum atomic E-state index is 11.4. The average Bonchev–Trinajstić information content (AvgIpc) is 2.38. The molecular weight excluding hydrogens is 246 g/mol. The van der Waals surface area contributed by atoms with E-state index in [2.05, 4.69) is 11.4 Å². The Kier molecular flexibility index (Phi) is 6.94. The van der Waals surface area contributed by atoms with Crippen molar-refractivity contribution in [3.8, 4) is 0 Å². The first-order valence-corrected chi connectivity index (χ1v) is 8.95. The van der Waals surface area contributed by atoms with Gasteiger partial charge in [-0.15, -0.1) is 0 Å². The predicted molar refractivity (Wildman–Crippen MR) is 77.6 cm³/mol. The first-order valence-electron chi connectivity index (χ1n) is 7.13. The van der Waals surface area contributed by atoms with Crippen molar-refractivity contribution in [3.63, 3.8) is 0 Å². The van der Waals surface area contributed by atoms with Crippen molar-refractivity contribution in [1.82, 2.24) is 5.32 Å². The molecule has 4 heteroatoms. The summed E-state index contributed by atoms with van der Waals surface area (Å²) < 4.78 is 22.9. The summed E-state index contributed by atoms with van der Waals surface area (Å²) in [7, 11) is -0.824. The van der Waals surface area contributed by atoms with E-state index in [1.54, 1.807) is 12.5 Å². The Balaban J connectivity index is 2.31. The molecule has 0 spiro atoms. The molecule has 0 aromatic carbocycles. The minimum absolute atomic E-state index is 0.266. The lowest BCUT2D eigenvalue weighted by atomic mass is 9.93. The van der Waals surface area contributed by atoms with Crippen LogP contribution in [0.3, 0.4) is 0 Å². The van der Waals surface area contributed by atoms with Gasteiger partial charge in [0.15, 0.2) is 0 Å². The van der Waals surface area contributed by atoms with Gasteiger partial charge in [0, 0.05) is 11.8 Å². The van der Waals surface area contributed by atoms with E-state index in [4.69, 9.17) is 0 Å². The maximum absolute atomic E-state index is 11.4. The number of allylic oxidation sites excluding steroid dienone is 1. The first-order chi connectivity index (χ1) is 8.57. The van der Waals surface area contributed by atoms with E-state index in [-0.39, 0.29) is 5.75 Å². The molecule has 0 saturated carbocycles. The van der Waals surface area contributed by atoms with Crippen molar-refractivity contribution in [3.05, 3.63) is 11.6 Å². The molecule has 1 aliphatic rings. The van der Waals surface area contributed by atoms with E-state index in [1.165, 1.54) is 25.7 Å². The van der Waals surface area contributed by atoms with Crippen LogP contribution in [-0.4, -0.2) is 33.0 Å². The summed E-state index contributed by atoms with van der Waals surface area (Å²) in [5, 5.41) is 3.32. The molecule has 0 aliphatic heterocycles. The molecule has 1 unspecified atom stereocenters. The van der Waals surface area contributed by atoms with Crippen molar-refractivity contribution < 1.29 is 8.42 Å². The summed E-state index contributed by atoms with van der Waals surface area (Å²) in [5.41, 5.74) is 1.55. The SMILES string of the molecule is CCS(=O)(=O)CCCC(CC1=CCCCC1)NC. The maximum Gasteiger partial charge on any atom is 0.150 e. The summed E-state index contributed by atoms with van der Waals surface area (Å²) in [5.74, 6) is 0.600. The van der Waals surface area contributed by atoms with Gasteiger partial charge in [-0.1, -0.05) is 18.6 Å². The highest BCUT2D eigenvalue weighted by atomic mass is 32.2. The van der Waals surface area contributed by atoms with Crippen molar-refractivity contribution in [2.75, 3.05) is 18.6 Å². The Morgan fingerprint density at radius 3 is 2.72 bits per heavy atom. The molecule has 1 rings (SSSR count). The van der Waals surface area contributed by atoms with Crippen LogP contribution in [0.15, 0.2) is 11.6 Å². The van der Waals surface area contributed by atoms with Gasteiger partial charge in [0.2, 0.25) is 0 Å². The lowest BCUT2D eigenvalue weighted by Gasteiger charge is -2.20. The molecule has 0 saturated heterocycles. The largest absolute Gasteiger partial charge is 0.317 e. The van der Waals surface area contributed by atoms with E-state index in [0.717, 1.165) is 19.3 Å². The Bertz CT molecular complexity index is 360. The minimum Gasteiger partial charge on any atom is -0.317 e. The molecular formula is C14H27NO2S. The molecule has 1 aliphatic carbocycles. The van der Waals surface area contributed by atoms with Crippen molar-refractivity contribution >= 4 is 9.84 Å². The summed E-state index contributed by atoms with van der Waals surface area (Å²) in [6.45, 7) is 1.72. The standard InChI is InChI=1S/C14H27NO2S/c1-3-18(16,17)11-7-10-14(15-2)12-13-8-5-4-6-9-13/h8,14-15H,3-7,9-12H2,1-2H3. The quantitative estimate of drug-likeness (QED) is 0.692. The zero-order valence-electron chi connectivity index (χ0n) is 11.7. The number of rotatable bonds is 8. The third kappa shape index (κ3) is 6.01. The highest BCUT2D eigenvalue weighted by Gasteiger charge is 2.13. The summed E-state index contributed by atoms with van der Waals surface area (Å²) >= 11 is 0. The number of sulfone groups is 1. The fourth-order valence-electron chi connectivity index (χ4n) is 2.45. The molecule has 1 atom stereocenters. The molecule has 0 fully saturated rings. The van der Waals surface area contributed by atoms with Gasteiger partial charge >= 0.3 is 0 Å². The van der Waals surface area contributed by atoms with E-state index < -0.39 is 9.84 Å². The normalized spacial score (nSPS) is 18.4. The molecule has 0 aromatic heterocycles. The van der Waals surface area contributed by atoms with Crippen LogP contribution >= 0.6 is 0 Å². The highest BCUT2D eigenvalue weighted by Crippen LogP contribution is 2.22. The van der Waals surface area contributed by atoms with Gasteiger partial charge < -0.3 is 5.32 Å². The van der Waals surface area contributed by atoms with Gasteiger partial charge in [-0.05, 0) is 52.0 Å². The van der Waals surface area contributed by atoms with E-state index >= 15 is 0 Å². The van der Waals surface area contributed by atoms with Gasteiger partial charge in [0.25, 0.3) is 0 Å². The molecule has 1 N–H and O–H groups in total. The van der Waals surface area contributed by atoms with Crippen molar-refractivity contribution in [1.29, 1.82) is 0 Å². The van der Waals surface area contributed by atoms with Crippen molar-refractivity contribution in [2.24, 2.45) is 0 Å². The Labute approximate surface area is 112 Å². The second-order valence-electron chi connectivity index (χ2n) is 5.18. The van der Waals surface area contributed by atoms with Crippen LogP contribution in [0.25, 0.3) is 0 Å². The van der Waals surface area contributed by atoms with Crippen LogP contribution < -0.4 is 5.32 Å². The van der Waals surface area contributed by atoms with Gasteiger partial charge in [-0.3, -0.25) is 0 Å². The molecule has 3 nitrogen and oxygen atoms in total. The average molecular weight is 273 g/mol. The van der Waals surface area contributed by atoms with Crippen LogP contribution in [0, 0.1) is 0 Å². The molecule has 0 radical (unpaired) electrons. The highest BCUT2D eigenvalue weighted by molar-refractivity contribution is 7.91. The fraction of sp³-hybridized carbons (Fsp3) is 0.857. The first kappa shape index (κ1) is 15.7. The van der Waals surface area contributed by atoms with Crippen molar-refractivity contribution in [2.45, 2.75) is 57.9 Å². The van der Waals surface area contributed by atoms with Crippen LogP contribution in [0.1, 0.15) is 51.9 Å². The second kappa shape index (κ2) is 7.95. The Morgan fingerprint density at radius 1 is 1.39 bits per heavy atom. The molecule has 106 valence electrons. The topological polar surface area (TPSA) is 46.2 Å². The van der Waals surface area contributed by atoms with Crippen LogP contribution in [0.2, 0.25) is 0 Å². The smallest absolute Gasteiger partial charge is 0.150 e. The van der Waals surface area contributed by atoms with Crippen LogP contribution in [-0.2, 0) is 9.84 Å². The summed E-state index contributed by atoms with van der Waals surface area (Å²) in [4.78, 5) is 0. The van der Waals surface area contributed by atoms with Gasteiger partial charge in [0.05, 0.1) is 5.75 Å². The molecule has 18 heavy (non-hydrogen) atoms. The monoisotopic (exact) mass is 273 g/mol. The van der Waals surface area contributed by atoms with Gasteiger partial charge in [-0.2, -0.15) is 0 Å². The van der Waals surface area contributed by atoms with Crippen LogP contribution in [0.4, 0.5) is 0 Å². The number of nitrogens with one attached hydrogen (secondary N) is 1. The predicted octanol–water partition coefficient (Wildman–Crippen LogP) is 2.68. The lowest BCUT2D eigenvalue weighted by Crippen LogP contribution is -2.26. The van der Waals surface area contributed by atoms with Gasteiger partial charge in [-0.25, -0.2) is 8.42 Å². The molecule has 0 aromatic rings. The number of hydrogen-bond donors (Lipinski definition) is 1. The molecule has 0 heterocycles. The molecule has 0 bridgehead atoms. The Morgan fingerprint density at radius 2 is 2.17 bits per heavy atom. The summed E-state index contributed by atoms with van der Waals surface area (Å²) in [6, 6.07) is 0.432. The minimum atomic E-state index is -2.80. The Hall–Kier alpha value is -0.350.